The van der Waals surface area contributed by atoms with Crippen molar-refractivity contribution in [2.24, 2.45) is 5.92 Å². The number of Topliss-reactive ketones (excluding diaryl/α,β-unsaturated/α-hetero) is 1. The van der Waals surface area contributed by atoms with Gasteiger partial charge in [-0.3, -0.25) is 9.69 Å². The molecule has 0 aliphatic carbocycles. The molecule has 0 aromatic carbocycles. The average Bonchev–Trinajstić information content (AvgIpc) is 2.28. The van der Waals surface area contributed by atoms with Crippen LogP contribution >= 0.6 is 0 Å². The SMILES string of the molecule is CC(C)NC(CN1CCNCC1)C(=O)C(C)C. The molecule has 1 aliphatic heterocycles. The molecule has 100 valence electrons. The Morgan fingerprint density at radius 3 is 2.29 bits per heavy atom. The van der Waals surface area contributed by atoms with Gasteiger partial charge in [-0.05, 0) is 0 Å². The zero-order valence-corrected chi connectivity index (χ0v) is 11.6. The fourth-order valence-electron chi connectivity index (χ4n) is 2.18. The standard InChI is InChI=1S/C13H27N3O/c1-10(2)13(17)12(15-11(3)4)9-16-7-5-14-6-8-16/h10-12,14-15H,5-9H2,1-4H3. The van der Waals surface area contributed by atoms with Crippen LogP contribution in [0, 0.1) is 5.92 Å². The van der Waals surface area contributed by atoms with Crippen molar-refractivity contribution >= 4 is 5.78 Å². The quantitative estimate of drug-likeness (QED) is 0.710. The molecule has 0 spiro atoms. The van der Waals surface area contributed by atoms with Crippen LogP contribution in [0.25, 0.3) is 0 Å². The molecule has 1 saturated heterocycles. The van der Waals surface area contributed by atoms with E-state index in [0.717, 1.165) is 32.7 Å². The van der Waals surface area contributed by atoms with Crippen LogP contribution in [-0.2, 0) is 4.79 Å². The van der Waals surface area contributed by atoms with Crippen LogP contribution < -0.4 is 10.6 Å². The van der Waals surface area contributed by atoms with Crippen LogP contribution in [0.2, 0.25) is 0 Å². The van der Waals surface area contributed by atoms with Gasteiger partial charge in [0.2, 0.25) is 0 Å². The van der Waals surface area contributed by atoms with Crippen LogP contribution in [-0.4, -0.2) is 55.5 Å². The van der Waals surface area contributed by atoms with Crippen molar-refractivity contribution in [3.63, 3.8) is 0 Å². The molecule has 0 aromatic heterocycles. The Hall–Kier alpha value is -0.450. The summed E-state index contributed by atoms with van der Waals surface area (Å²) in [5, 5.41) is 6.73. The molecule has 1 heterocycles. The maximum atomic E-state index is 12.1. The highest BCUT2D eigenvalue weighted by molar-refractivity contribution is 5.86. The highest BCUT2D eigenvalue weighted by atomic mass is 16.1. The normalized spacial score (nSPS) is 19.9. The molecule has 0 amide bonds. The van der Waals surface area contributed by atoms with E-state index in [0.29, 0.717) is 11.8 Å². The second-order valence-corrected chi connectivity index (χ2v) is 5.48. The lowest BCUT2D eigenvalue weighted by atomic mass is 10.0. The van der Waals surface area contributed by atoms with Gasteiger partial charge in [-0.15, -0.1) is 0 Å². The Balaban J connectivity index is 2.52. The molecule has 0 bridgehead atoms. The van der Waals surface area contributed by atoms with E-state index in [4.69, 9.17) is 0 Å². The molecule has 4 heteroatoms. The van der Waals surface area contributed by atoms with Gasteiger partial charge in [-0.2, -0.15) is 0 Å². The highest BCUT2D eigenvalue weighted by Crippen LogP contribution is 2.04. The monoisotopic (exact) mass is 241 g/mol. The molecule has 4 nitrogen and oxygen atoms in total. The van der Waals surface area contributed by atoms with E-state index >= 15 is 0 Å². The summed E-state index contributed by atoms with van der Waals surface area (Å²) in [6, 6.07) is 0.332. The summed E-state index contributed by atoms with van der Waals surface area (Å²) in [6.45, 7) is 13.1. The van der Waals surface area contributed by atoms with Crippen LogP contribution in [0.4, 0.5) is 0 Å². The molecule has 17 heavy (non-hydrogen) atoms. The number of piperazine rings is 1. The van der Waals surface area contributed by atoms with Gasteiger partial charge in [0.1, 0.15) is 0 Å². The summed E-state index contributed by atoms with van der Waals surface area (Å²) in [7, 11) is 0. The smallest absolute Gasteiger partial charge is 0.153 e. The van der Waals surface area contributed by atoms with Crippen molar-refractivity contribution < 1.29 is 4.79 Å². The predicted octanol–water partition coefficient (Wildman–Crippen LogP) is 0.483. The van der Waals surface area contributed by atoms with Gasteiger partial charge < -0.3 is 10.6 Å². The van der Waals surface area contributed by atoms with Crippen molar-refractivity contribution in [3.8, 4) is 0 Å². The Morgan fingerprint density at radius 2 is 1.82 bits per heavy atom. The van der Waals surface area contributed by atoms with E-state index in [9.17, 15) is 4.79 Å². The number of rotatable bonds is 6. The first kappa shape index (κ1) is 14.6. The lowest BCUT2D eigenvalue weighted by Crippen LogP contribution is -2.53. The van der Waals surface area contributed by atoms with Crippen molar-refractivity contribution in [1.82, 2.24) is 15.5 Å². The van der Waals surface area contributed by atoms with Gasteiger partial charge in [-0.25, -0.2) is 0 Å². The van der Waals surface area contributed by atoms with Crippen molar-refractivity contribution in [2.75, 3.05) is 32.7 Å². The van der Waals surface area contributed by atoms with Crippen LogP contribution in [0.1, 0.15) is 27.7 Å². The lowest BCUT2D eigenvalue weighted by Gasteiger charge is -2.32. The summed E-state index contributed by atoms with van der Waals surface area (Å²) in [6.07, 6.45) is 0. The zero-order valence-electron chi connectivity index (χ0n) is 11.6. The van der Waals surface area contributed by atoms with Crippen LogP contribution in [0.5, 0.6) is 0 Å². The molecule has 2 N–H and O–H groups in total. The third kappa shape index (κ3) is 5.15. The Labute approximate surface area is 105 Å². The maximum Gasteiger partial charge on any atom is 0.153 e. The van der Waals surface area contributed by atoms with Gasteiger partial charge >= 0.3 is 0 Å². The fourth-order valence-corrected chi connectivity index (χ4v) is 2.18. The number of hydrogen-bond donors (Lipinski definition) is 2. The molecule has 1 atom stereocenters. The minimum absolute atomic E-state index is 0.0203. The van der Waals surface area contributed by atoms with Crippen molar-refractivity contribution in [1.29, 1.82) is 0 Å². The van der Waals surface area contributed by atoms with E-state index in [1.165, 1.54) is 0 Å². The van der Waals surface area contributed by atoms with E-state index < -0.39 is 0 Å². The van der Waals surface area contributed by atoms with Gasteiger partial charge in [0.25, 0.3) is 0 Å². The number of hydrogen-bond acceptors (Lipinski definition) is 4. The minimum Gasteiger partial charge on any atom is -0.314 e. The maximum absolute atomic E-state index is 12.1. The van der Waals surface area contributed by atoms with E-state index in [1.807, 2.05) is 13.8 Å². The molecule has 1 rings (SSSR count). The summed E-state index contributed by atoms with van der Waals surface area (Å²) in [5.41, 5.74) is 0. The van der Waals surface area contributed by atoms with Crippen molar-refractivity contribution in [2.45, 2.75) is 39.8 Å². The number of nitrogens with zero attached hydrogens (tertiary/aromatic N) is 1. The van der Waals surface area contributed by atoms with Gasteiger partial charge in [-0.1, -0.05) is 27.7 Å². The fraction of sp³-hybridized carbons (Fsp3) is 0.923. The molecule has 0 aromatic rings. The number of carbonyl (C=O) groups excluding carboxylic acids is 1. The van der Waals surface area contributed by atoms with E-state index in [1.54, 1.807) is 0 Å². The van der Waals surface area contributed by atoms with Gasteiger partial charge in [0.15, 0.2) is 5.78 Å². The zero-order chi connectivity index (χ0) is 12.8. The summed E-state index contributed by atoms with van der Waals surface area (Å²) in [5.74, 6) is 0.436. The third-order valence-corrected chi connectivity index (χ3v) is 3.10. The summed E-state index contributed by atoms with van der Waals surface area (Å²) < 4.78 is 0. The largest absolute Gasteiger partial charge is 0.314 e. The van der Waals surface area contributed by atoms with Gasteiger partial charge in [0, 0.05) is 44.7 Å². The van der Waals surface area contributed by atoms with E-state index in [-0.39, 0.29) is 12.0 Å². The minimum atomic E-state index is -0.0203. The average molecular weight is 241 g/mol. The second-order valence-electron chi connectivity index (χ2n) is 5.48. The summed E-state index contributed by atoms with van der Waals surface area (Å²) >= 11 is 0. The van der Waals surface area contributed by atoms with Crippen LogP contribution in [0.15, 0.2) is 0 Å². The number of ketones is 1. The highest BCUT2D eigenvalue weighted by Gasteiger charge is 2.24. The Kier molecular flexibility index (Phi) is 6.09. The first-order chi connectivity index (χ1) is 8.00. The Bertz CT molecular complexity index is 235. The number of carbonyl (C=O) groups is 1. The van der Waals surface area contributed by atoms with Crippen LogP contribution in [0.3, 0.4) is 0 Å². The topological polar surface area (TPSA) is 44.4 Å². The second kappa shape index (κ2) is 7.09. The molecule has 1 fully saturated rings. The van der Waals surface area contributed by atoms with Gasteiger partial charge in [0.05, 0.1) is 6.04 Å². The first-order valence-electron chi connectivity index (χ1n) is 6.73. The predicted molar refractivity (Wildman–Crippen MR) is 71.2 cm³/mol. The molecule has 0 saturated carbocycles. The molecular weight excluding hydrogens is 214 g/mol. The first-order valence-corrected chi connectivity index (χ1v) is 6.73. The third-order valence-electron chi connectivity index (χ3n) is 3.10. The van der Waals surface area contributed by atoms with E-state index in [2.05, 4.69) is 29.4 Å². The molecule has 1 aliphatic rings. The molecular formula is C13H27N3O. The Morgan fingerprint density at radius 1 is 1.24 bits per heavy atom. The summed E-state index contributed by atoms with van der Waals surface area (Å²) in [4.78, 5) is 14.5. The molecule has 0 radical (unpaired) electrons. The lowest BCUT2D eigenvalue weighted by molar-refractivity contribution is -0.124. The van der Waals surface area contributed by atoms with Crippen molar-refractivity contribution in [3.05, 3.63) is 0 Å². The molecule has 1 unspecified atom stereocenters. The number of nitrogens with one attached hydrogen (secondary N) is 2.